The Bertz CT molecular complexity index is 802. The third-order valence-corrected chi connectivity index (χ3v) is 4.77. The topological polar surface area (TPSA) is 76.8 Å². The molecule has 2 aliphatic heterocycles. The fourth-order valence-corrected chi connectivity index (χ4v) is 3.59. The fourth-order valence-electron chi connectivity index (χ4n) is 3.59. The lowest BCUT2D eigenvalue weighted by Gasteiger charge is -2.25. The summed E-state index contributed by atoms with van der Waals surface area (Å²) in [5.41, 5.74) is 2.61. The van der Waals surface area contributed by atoms with Crippen LogP contribution in [0.3, 0.4) is 0 Å². The minimum absolute atomic E-state index is 0.00945. The number of benzene rings is 1. The molecular formula is C18H21N3O4. The summed E-state index contributed by atoms with van der Waals surface area (Å²) in [5.74, 6) is 2.22. The van der Waals surface area contributed by atoms with Crippen molar-refractivity contribution in [1.29, 1.82) is 0 Å². The summed E-state index contributed by atoms with van der Waals surface area (Å²) in [6.07, 6.45) is 2.65. The highest BCUT2D eigenvalue weighted by molar-refractivity contribution is 5.90. The van der Waals surface area contributed by atoms with Crippen molar-refractivity contribution in [2.75, 3.05) is 18.7 Å². The Morgan fingerprint density at radius 3 is 3.04 bits per heavy atom. The minimum atomic E-state index is -0.121. The van der Waals surface area contributed by atoms with Crippen molar-refractivity contribution in [3.63, 3.8) is 0 Å². The molecule has 132 valence electrons. The van der Waals surface area contributed by atoms with Crippen molar-refractivity contribution in [1.82, 2.24) is 10.1 Å². The molecule has 1 saturated heterocycles. The molecule has 25 heavy (non-hydrogen) atoms. The van der Waals surface area contributed by atoms with Crippen molar-refractivity contribution >= 4 is 11.7 Å². The van der Waals surface area contributed by atoms with Gasteiger partial charge in [0.05, 0.1) is 11.7 Å². The number of nitrogens with zero attached hydrogens (tertiary/aromatic N) is 2. The van der Waals surface area contributed by atoms with E-state index in [-0.39, 0.29) is 18.9 Å². The second-order valence-electron chi connectivity index (χ2n) is 6.31. The number of anilines is 1. The van der Waals surface area contributed by atoms with Crippen LogP contribution in [-0.4, -0.2) is 29.4 Å². The number of carbonyl (C=O) groups excluding carboxylic acids is 1. The van der Waals surface area contributed by atoms with Crippen LogP contribution in [-0.2, 0) is 6.42 Å². The number of aromatic nitrogens is 1. The fraction of sp³-hybridized carbons (Fsp3) is 0.444. The molecule has 0 aliphatic carbocycles. The van der Waals surface area contributed by atoms with E-state index in [9.17, 15) is 4.79 Å². The van der Waals surface area contributed by atoms with Crippen LogP contribution in [0.4, 0.5) is 10.5 Å². The molecule has 0 saturated carbocycles. The number of fused-ring (bicyclic) bond motifs is 1. The lowest BCUT2D eigenvalue weighted by atomic mass is 10.0. The molecule has 4 rings (SSSR count). The van der Waals surface area contributed by atoms with Crippen molar-refractivity contribution in [3.8, 4) is 11.5 Å². The Morgan fingerprint density at radius 2 is 2.20 bits per heavy atom. The Balaban J connectivity index is 1.54. The quantitative estimate of drug-likeness (QED) is 0.920. The summed E-state index contributed by atoms with van der Waals surface area (Å²) in [5, 5.41) is 7.05. The molecule has 1 unspecified atom stereocenters. The summed E-state index contributed by atoms with van der Waals surface area (Å²) in [6, 6.07) is 5.30. The highest BCUT2D eigenvalue weighted by Crippen LogP contribution is 2.37. The molecule has 2 aromatic rings. The van der Waals surface area contributed by atoms with Gasteiger partial charge in [0.1, 0.15) is 5.76 Å². The van der Waals surface area contributed by atoms with Gasteiger partial charge in [0, 0.05) is 30.3 Å². The third-order valence-electron chi connectivity index (χ3n) is 4.77. The Hall–Kier alpha value is -2.70. The minimum Gasteiger partial charge on any atom is -0.454 e. The van der Waals surface area contributed by atoms with Crippen LogP contribution in [0.5, 0.6) is 11.5 Å². The zero-order valence-corrected chi connectivity index (χ0v) is 14.4. The van der Waals surface area contributed by atoms with E-state index in [0.29, 0.717) is 17.2 Å². The zero-order valence-electron chi connectivity index (χ0n) is 14.4. The number of urea groups is 1. The number of hydrogen-bond acceptors (Lipinski definition) is 5. The van der Waals surface area contributed by atoms with Gasteiger partial charge in [0.2, 0.25) is 6.79 Å². The van der Waals surface area contributed by atoms with E-state index in [1.807, 2.05) is 24.8 Å². The number of nitrogens with one attached hydrogen (secondary N) is 1. The first kappa shape index (κ1) is 15.8. The normalized spacial score (nSPS) is 18.6. The molecule has 1 fully saturated rings. The van der Waals surface area contributed by atoms with Gasteiger partial charge in [-0.25, -0.2) is 4.79 Å². The first-order valence-electron chi connectivity index (χ1n) is 8.59. The average molecular weight is 343 g/mol. The lowest BCUT2D eigenvalue weighted by molar-refractivity contribution is 0.174. The maximum absolute atomic E-state index is 12.8. The number of hydrogen-bond donors (Lipinski definition) is 1. The van der Waals surface area contributed by atoms with E-state index in [1.165, 1.54) is 0 Å². The van der Waals surface area contributed by atoms with Gasteiger partial charge in [-0.1, -0.05) is 12.1 Å². The van der Waals surface area contributed by atoms with E-state index >= 15 is 0 Å². The van der Waals surface area contributed by atoms with E-state index in [0.717, 1.165) is 42.8 Å². The molecule has 0 bridgehead atoms. The Morgan fingerprint density at radius 1 is 1.36 bits per heavy atom. The molecular weight excluding hydrogens is 322 g/mol. The van der Waals surface area contributed by atoms with Crippen molar-refractivity contribution in [3.05, 3.63) is 35.2 Å². The van der Waals surface area contributed by atoms with E-state index in [2.05, 4.69) is 10.5 Å². The standard InChI is InChI=1S/C18H21N3O4/c1-3-14-17(11(2)20-25-14)13-5-4-8-21(13)18(22)19-12-6-7-15-16(9-12)24-10-23-15/h6-7,9,13H,3-5,8,10H2,1-2H3,(H,19,22). The van der Waals surface area contributed by atoms with Gasteiger partial charge in [-0.2, -0.15) is 0 Å². The van der Waals surface area contributed by atoms with Crippen LogP contribution >= 0.6 is 0 Å². The van der Waals surface area contributed by atoms with Gasteiger partial charge >= 0.3 is 6.03 Å². The number of ether oxygens (including phenoxy) is 2. The summed E-state index contributed by atoms with van der Waals surface area (Å²) in [4.78, 5) is 14.7. The first-order chi connectivity index (χ1) is 12.2. The van der Waals surface area contributed by atoms with Crippen molar-refractivity contribution in [2.45, 2.75) is 39.2 Å². The van der Waals surface area contributed by atoms with Gasteiger partial charge in [0.25, 0.3) is 0 Å². The summed E-state index contributed by atoms with van der Waals surface area (Å²) in [6.45, 7) is 4.90. The van der Waals surface area contributed by atoms with E-state index in [4.69, 9.17) is 14.0 Å². The zero-order chi connectivity index (χ0) is 17.4. The van der Waals surface area contributed by atoms with Gasteiger partial charge < -0.3 is 24.2 Å². The maximum atomic E-state index is 12.8. The summed E-state index contributed by atoms with van der Waals surface area (Å²) in [7, 11) is 0. The molecule has 1 atom stereocenters. The van der Waals surface area contributed by atoms with Crippen LogP contribution in [0.25, 0.3) is 0 Å². The number of aryl methyl sites for hydroxylation is 2. The second-order valence-corrected chi connectivity index (χ2v) is 6.31. The van der Waals surface area contributed by atoms with Crippen molar-refractivity contribution in [2.24, 2.45) is 0 Å². The van der Waals surface area contributed by atoms with Crippen molar-refractivity contribution < 1.29 is 18.8 Å². The van der Waals surface area contributed by atoms with Crippen LogP contribution in [0.2, 0.25) is 0 Å². The van der Waals surface area contributed by atoms with Crippen LogP contribution in [0.1, 0.15) is 42.8 Å². The monoisotopic (exact) mass is 343 g/mol. The predicted molar refractivity (Wildman–Crippen MR) is 90.9 cm³/mol. The summed E-state index contributed by atoms with van der Waals surface area (Å²) < 4.78 is 16.1. The predicted octanol–water partition coefficient (Wildman–Crippen LogP) is 3.64. The van der Waals surface area contributed by atoms with E-state index in [1.54, 1.807) is 12.1 Å². The van der Waals surface area contributed by atoms with Gasteiger partial charge in [0.15, 0.2) is 11.5 Å². The van der Waals surface area contributed by atoms with Crippen LogP contribution in [0.15, 0.2) is 22.7 Å². The number of likely N-dealkylation sites (tertiary alicyclic amines) is 1. The highest BCUT2D eigenvalue weighted by Gasteiger charge is 2.34. The highest BCUT2D eigenvalue weighted by atomic mass is 16.7. The molecule has 2 amide bonds. The summed E-state index contributed by atoms with van der Waals surface area (Å²) >= 11 is 0. The van der Waals surface area contributed by atoms with Gasteiger partial charge in [-0.15, -0.1) is 0 Å². The molecule has 3 heterocycles. The molecule has 1 N–H and O–H groups in total. The lowest BCUT2D eigenvalue weighted by Crippen LogP contribution is -2.34. The SMILES string of the molecule is CCc1onc(C)c1C1CCCN1C(=O)Nc1ccc2c(c1)OCO2. The molecule has 1 aromatic heterocycles. The Labute approximate surface area is 145 Å². The smallest absolute Gasteiger partial charge is 0.322 e. The van der Waals surface area contributed by atoms with Crippen LogP contribution < -0.4 is 14.8 Å². The molecule has 0 radical (unpaired) electrons. The molecule has 1 aromatic carbocycles. The third kappa shape index (κ3) is 2.79. The largest absolute Gasteiger partial charge is 0.454 e. The van der Waals surface area contributed by atoms with E-state index < -0.39 is 0 Å². The maximum Gasteiger partial charge on any atom is 0.322 e. The number of amides is 2. The van der Waals surface area contributed by atoms with Gasteiger partial charge in [-0.3, -0.25) is 0 Å². The second kappa shape index (κ2) is 6.31. The first-order valence-corrected chi connectivity index (χ1v) is 8.59. The van der Waals surface area contributed by atoms with Gasteiger partial charge in [-0.05, 0) is 31.9 Å². The Kier molecular flexibility index (Phi) is 3.99. The van der Waals surface area contributed by atoms with Crippen LogP contribution in [0, 0.1) is 6.92 Å². The average Bonchev–Trinajstić information content (AvgIpc) is 3.32. The number of carbonyl (C=O) groups is 1. The molecule has 7 heteroatoms. The molecule has 0 spiro atoms. The number of rotatable bonds is 3. The molecule has 2 aliphatic rings. The molecule has 7 nitrogen and oxygen atoms in total.